The number of aliphatic hydroxyl groups is 2. The Morgan fingerprint density at radius 3 is 2.75 bits per heavy atom. The molecule has 3 aromatic rings. The normalized spacial score (nSPS) is 21.2. The van der Waals surface area contributed by atoms with E-state index in [0.29, 0.717) is 65.3 Å². The van der Waals surface area contributed by atoms with Gasteiger partial charge in [0, 0.05) is 34.3 Å². The minimum Gasteiger partial charge on any atom is -0.481 e. The molecule has 0 bridgehead atoms. The Hall–Kier alpha value is -3.21. The summed E-state index contributed by atoms with van der Waals surface area (Å²) in [6.45, 7) is 0. The first-order chi connectivity index (χ1) is 17.4. The SMILES string of the molecule is COc1ccc2nccc([C@@H](O)[C@H](O)[C@H]3CC[C@H](C(=O)Nc4ccc5c(c4)NC(=O)CS5)CC3)c2n1. The van der Waals surface area contributed by atoms with Crippen LogP contribution in [0.4, 0.5) is 11.4 Å². The van der Waals surface area contributed by atoms with E-state index in [1.807, 2.05) is 12.1 Å². The molecule has 1 saturated carbocycles. The van der Waals surface area contributed by atoms with E-state index in [2.05, 4.69) is 20.6 Å². The summed E-state index contributed by atoms with van der Waals surface area (Å²) in [6, 6.07) is 10.7. The third-order valence-corrected chi connectivity index (χ3v) is 8.02. The number of methoxy groups -OCH3 is 1. The van der Waals surface area contributed by atoms with Gasteiger partial charge >= 0.3 is 0 Å². The van der Waals surface area contributed by atoms with Gasteiger partial charge in [-0.2, -0.15) is 0 Å². The zero-order chi connectivity index (χ0) is 25.2. The van der Waals surface area contributed by atoms with Crippen molar-refractivity contribution in [3.05, 3.63) is 48.2 Å². The van der Waals surface area contributed by atoms with E-state index in [1.54, 1.807) is 30.5 Å². The van der Waals surface area contributed by atoms with Gasteiger partial charge in [0.15, 0.2) is 0 Å². The number of benzene rings is 1. The van der Waals surface area contributed by atoms with E-state index < -0.39 is 12.2 Å². The molecular weight excluding hydrogens is 480 g/mol. The van der Waals surface area contributed by atoms with Crippen molar-refractivity contribution in [1.29, 1.82) is 0 Å². The molecule has 1 aliphatic carbocycles. The van der Waals surface area contributed by atoms with Crippen molar-refractivity contribution in [2.75, 3.05) is 23.5 Å². The van der Waals surface area contributed by atoms with Gasteiger partial charge in [0.05, 0.1) is 35.7 Å². The number of pyridine rings is 2. The maximum absolute atomic E-state index is 12.9. The van der Waals surface area contributed by atoms with Gasteiger partial charge in [0.25, 0.3) is 0 Å². The van der Waals surface area contributed by atoms with Crippen LogP contribution in [0, 0.1) is 11.8 Å². The van der Waals surface area contributed by atoms with Gasteiger partial charge in [-0.3, -0.25) is 14.6 Å². The minimum atomic E-state index is -1.13. The van der Waals surface area contributed by atoms with Gasteiger partial charge in [-0.25, -0.2) is 4.98 Å². The molecule has 2 aromatic heterocycles. The third-order valence-electron chi connectivity index (χ3n) is 6.95. The number of aromatic nitrogens is 2. The Balaban J connectivity index is 1.21. The van der Waals surface area contributed by atoms with E-state index in [-0.39, 0.29) is 23.7 Å². The third kappa shape index (κ3) is 5.02. The first-order valence-corrected chi connectivity index (χ1v) is 12.9. The highest BCUT2D eigenvalue weighted by Gasteiger charge is 2.34. The molecule has 0 unspecified atom stereocenters. The van der Waals surface area contributed by atoms with Crippen molar-refractivity contribution in [2.45, 2.75) is 42.8 Å². The molecule has 9 nitrogen and oxygen atoms in total. The number of carbonyl (C=O) groups excluding carboxylic acids is 2. The lowest BCUT2D eigenvalue weighted by atomic mass is 9.77. The predicted octanol–water partition coefficient (Wildman–Crippen LogP) is 3.52. The lowest BCUT2D eigenvalue weighted by Gasteiger charge is -2.33. The van der Waals surface area contributed by atoms with E-state index >= 15 is 0 Å². The number of nitrogens with zero attached hydrogens (tertiary/aromatic N) is 2. The number of amides is 2. The monoisotopic (exact) mass is 508 g/mol. The Kier molecular flexibility index (Phi) is 7.08. The zero-order valence-corrected chi connectivity index (χ0v) is 20.6. The Morgan fingerprint density at radius 2 is 1.97 bits per heavy atom. The second-order valence-corrected chi connectivity index (χ2v) is 10.2. The number of thioether (sulfide) groups is 1. The van der Waals surface area contributed by atoms with Crippen molar-refractivity contribution in [3.8, 4) is 5.88 Å². The fraction of sp³-hybridized carbons (Fsp3) is 0.385. The fourth-order valence-corrected chi connectivity index (χ4v) is 5.74. The summed E-state index contributed by atoms with van der Waals surface area (Å²) in [5, 5.41) is 27.8. The fourth-order valence-electron chi connectivity index (χ4n) is 4.95. The van der Waals surface area contributed by atoms with Crippen LogP contribution in [0.1, 0.15) is 37.4 Å². The number of hydrogen-bond donors (Lipinski definition) is 4. The minimum absolute atomic E-state index is 0.0512. The number of carbonyl (C=O) groups is 2. The summed E-state index contributed by atoms with van der Waals surface area (Å²) in [6.07, 6.45) is 1.93. The number of aliphatic hydroxyl groups excluding tert-OH is 2. The Bertz CT molecular complexity index is 1290. The number of ether oxygens (including phenoxy) is 1. The van der Waals surface area contributed by atoms with Crippen LogP contribution in [0.2, 0.25) is 0 Å². The van der Waals surface area contributed by atoms with Gasteiger partial charge in [-0.1, -0.05) is 0 Å². The number of anilines is 2. The van der Waals surface area contributed by atoms with E-state index in [9.17, 15) is 19.8 Å². The molecule has 36 heavy (non-hydrogen) atoms. The largest absolute Gasteiger partial charge is 0.481 e. The molecule has 4 N–H and O–H groups in total. The van der Waals surface area contributed by atoms with Crippen molar-refractivity contribution in [2.24, 2.45) is 11.8 Å². The van der Waals surface area contributed by atoms with Gasteiger partial charge < -0.3 is 25.6 Å². The molecular formula is C26H28N4O5S. The molecule has 3 heterocycles. The van der Waals surface area contributed by atoms with Crippen LogP contribution in [-0.4, -0.2) is 51.0 Å². The molecule has 5 rings (SSSR count). The number of rotatable bonds is 6. The maximum atomic E-state index is 12.9. The number of nitrogens with one attached hydrogen (secondary N) is 2. The lowest BCUT2D eigenvalue weighted by Crippen LogP contribution is -2.34. The topological polar surface area (TPSA) is 134 Å². The van der Waals surface area contributed by atoms with Gasteiger partial charge in [-0.05, 0) is 61.9 Å². The van der Waals surface area contributed by atoms with Crippen LogP contribution in [-0.2, 0) is 9.59 Å². The summed E-state index contributed by atoms with van der Waals surface area (Å²) < 4.78 is 5.20. The average Bonchev–Trinajstić information content (AvgIpc) is 2.91. The van der Waals surface area contributed by atoms with Crippen LogP contribution in [0.25, 0.3) is 11.0 Å². The highest BCUT2D eigenvalue weighted by atomic mass is 32.2. The van der Waals surface area contributed by atoms with E-state index in [0.717, 1.165) is 4.90 Å². The molecule has 1 aromatic carbocycles. The maximum Gasteiger partial charge on any atom is 0.234 e. The standard InChI is InChI=1S/C26H28N4O5S/c1-35-22-9-7-18-23(30-22)17(10-11-27-18)25(33)24(32)14-2-4-15(5-3-14)26(34)28-16-6-8-20-19(12-16)29-21(31)13-36-20/h6-12,14-15,24-25,32-33H,2-5,13H2,1H3,(H,28,34)(H,29,31)/t14-,15-,24-,25-/m1/s1. The van der Waals surface area contributed by atoms with E-state index in [4.69, 9.17) is 4.74 Å². The lowest BCUT2D eigenvalue weighted by molar-refractivity contribution is -0.121. The van der Waals surface area contributed by atoms with Gasteiger partial charge in [0.1, 0.15) is 6.10 Å². The van der Waals surface area contributed by atoms with Crippen molar-refractivity contribution in [1.82, 2.24) is 9.97 Å². The molecule has 2 aliphatic rings. The molecule has 0 radical (unpaired) electrons. The molecule has 10 heteroatoms. The quantitative estimate of drug-likeness (QED) is 0.397. The van der Waals surface area contributed by atoms with Crippen molar-refractivity contribution < 1.29 is 24.5 Å². The summed E-state index contributed by atoms with van der Waals surface area (Å²) in [7, 11) is 1.52. The number of hydrogen-bond acceptors (Lipinski definition) is 8. The second kappa shape index (κ2) is 10.4. The molecule has 2 atom stereocenters. The Morgan fingerprint density at radius 1 is 1.17 bits per heavy atom. The Labute approximate surface area is 212 Å². The van der Waals surface area contributed by atoms with Crippen LogP contribution in [0.15, 0.2) is 47.5 Å². The zero-order valence-electron chi connectivity index (χ0n) is 19.8. The van der Waals surface area contributed by atoms with Crippen molar-refractivity contribution >= 4 is 46.0 Å². The summed E-state index contributed by atoms with van der Waals surface area (Å²) >= 11 is 1.48. The molecule has 2 amide bonds. The molecule has 1 fully saturated rings. The highest BCUT2D eigenvalue weighted by Crippen LogP contribution is 2.38. The van der Waals surface area contributed by atoms with Gasteiger partial charge in [0.2, 0.25) is 17.7 Å². The van der Waals surface area contributed by atoms with Crippen molar-refractivity contribution in [3.63, 3.8) is 0 Å². The van der Waals surface area contributed by atoms with Crippen LogP contribution < -0.4 is 15.4 Å². The second-order valence-electron chi connectivity index (χ2n) is 9.21. The molecule has 1 aliphatic heterocycles. The van der Waals surface area contributed by atoms with Gasteiger partial charge in [-0.15, -0.1) is 11.8 Å². The summed E-state index contributed by atoms with van der Waals surface area (Å²) in [5.41, 5.74) is 2.97. The first kappa shape index (κ1) is 24.5. The summed E-state index contributed by atoms with van der Waals surface area (Å²) in [5.74, 6) is 0.349. The predicted molar refractivity (Wildman–Crippen MR) is 137 cm³/mol. The number of fused-ring (bicyclic) bond motifs is 2. The molecule has 0 saturated heterocycles. The first-order valence-electron chi connectivity index (χ1n) is 12.0. The summed E-state index contributed by atoms with van der Waals surface area (Å²) in [4.78, 5) is 34.2. The highest BCUT2D eigenvalue weighted by molar-refractivity contribution is 8.00. The smallest absolute Gasteiger partial charge is 0.234 e. The molecule has 188 valence electrons. The van der Waals surface area contributed by atoms with Crippen LogP contribution in [0.5, 0.6) is 5.88 Å². The van der Waals surface area contributed by atoms with E-state index in [1.165, 1.54) is 18.9 Å². The average molecular weight is 509 g/mol. The molecule has 0 spiro atoms. The van der Waals surface area contributed by atoms with Crippen LogP contribution in [0.3, 0.4) is 0 Å². The van der Waals surface area contributed by atoms with Crippen LogP contribution >= 0.6 is 11.8 Å².